The first-order chi connectivity index (χ1) is 49.2. The van der Waals surface area contributed by atoms with Crippen molar-refractivity contribution >= 4 is 40.2 Å². The van der Waals surface area contributed by atoms with Crippen molar-refractivity contribution in [3.63, 3.8) is 0 Å². The molecular weight excluding hydrogens is 1210 g/mol. The quantitative estimate of drug-likeness (QED) is 0.0356. The van der Waals surface area contributed by atoms with Gasteiger partial charge in [-0.05, 0) is 208 Å². The van der Waals surface area contributed by atoms with Gasteiger partial charge in [-0.1, -0.05) is 339 Å². The molecule has 12 rings (SSSR count). The summed E-state index contributed by atoms with van der Waals surface area (Å²) in [7, 11) is 0. The zero-order valence-electron chi connectivity index (χ0n) is 61.8. The van der Waals surface area contributed by atoms with Gasteiger partial charge in [0.2, 0.25) is 0 Å². The molecule has 10 aromatic rings. The molecule has 100 heavy (non-hydrogen) atoms. The monoisotopic (exact) mass is 1320 g/mol. The molecule has 0 aromatic heterocycles. The zero-order chi connectivity index (χ0) is 69.1. The van der Waals surface area contributed by atoms with Crippen molar-refractivity contribution in [3.05, 3.63) is 270 Å². The van der Waals surface area contributed by atoms with Crippen LogP contribution in [-0.2, 0) is 10.8 Å². The highest BCUT2D eigenvalue weighted by molar-refractivity contribution is 5.93. The average Bonchev–Trinajstić information content (AvgIpc) is 1.53. The normalized spacial score (nSPS) is 13.0. The molecule has 0 spiro atoms. The molecule has 0 N–H and O–H groups in total. The minimum Gasteiger partial charge on any atom is -0.311 e. The molecule has 516 valence electrons. The average molecular weight is 1320 g/mol. The third-order valence-corrected chi connectivity index (χ3v) is 22.8. The maximum Gasteiger partial charge on any atom is 0.0540 e. The van der Waals surface area contributed by atoms with Crippen LogP contribution < -0.4 is 9.80 Å². The van der Waals surface area contributed by atoms with Crippen LogP contribution in [0.15, 0.2) is 231 Å². The smallest absolute Gasteiger partial charge is 0.0540 e. The molecule has 0 unspecified atom stereocenters. The topological polar surface area (TPSA) is 6.48 Å². The highest BCUT2D eigenvalue weighted by Crippen LogP contribution is 2.62. The first kappa shape index (κ1) is 71.4. The lowest BCUT2D eigenvalue weighted by Crippen LogP contribution is -2.27. The van der Waals surface area contributed by atoms with E-state index in [1.165, 1.54) is 252 Å². The van der Waals surface area contributed by atoms with Gasteiger partial charge in [0.15, 0.2) is 0 Å². The van der Waals surface area contributed by atoms with Gasteiger partial charge in [0.25, 0.3) is 0 Å². The van der Waals surface area contributed by atoms with Crippen molar-refractivity contribution in [1.82, 2.24) is 0 Å². The van der Waals surface area contributed by atoms with E-state index in [1.807, 2.05) is 6.08 Å². The number of fused-ring (bicyclic) bond motifs is 6. The number of unbranched alkanes of at least 4 members (excludes halogenated alkanes) is 20. The molecule has 0 saturated heterocycles. The highest BCUT2D eigenvalue weighted by atomic mass is 15.1. The van der Waals surface area contributed by atoms with E-state index in [0.717, 1.165) is 34.0 Å². The van der Waals surface area contributed by atoms with E-state index >= 15 is 0 Å². The fraction of sp³-hybridized carbons (Fsp3) is 0.367. The summed E-state index contributed by atoms with van der Waals surface area (Å²) in [5, 5.41) is 0. The third-order valence-electron chi connectivity index (χ3n) is 22.8. The molecule has 0 heterocycles. The van der Waals surface area contributed by atoms with Gasteiger partial charge in [-0.15, -0.1) is 0 Å². The summed E-state index contributed by atoms with van der Waals surface area (Å²) in [5.74, 6) is 0. The van der Waals surface area contributed by atoms with Crippen LogP contribution in [0.5, 0.6) is 0 Å². The molecule has 2 nitrogen and oxygen atoms in total. The summed E-state index contributed by atoms with van der Waals surface area (Å²) in [6.07, 6.45) is 37.9. The Kier molecular flexibility index (Phi) is 24.8. The van der Waals surface area contributed by atoms with E-state index in [4.69, 9.17) is 0 Å². The second kappa shape index (κ2) is 34.7. The number of nitrogens with zero attached hydrogens (tertiary/aromatic N) is 2. The molecule has 0 atom stereocenters. The Morgan fingerprint density at radius 3 is 0.980 bits per heavy atom. The van der Waals surface area contributed by atoms with Crippen molar-refractivity contribution in [3.8, 4) is 55.6 Å². The summed E-state index contributed by atoms with van der Waals surface area (Å²) in [6, 6.07) is 86.9. The van der Waals surface area contributed by atoms with Crippen molar-refractivity contribution in [2.45, 2.75) is 232 Å². The maximum atomic E-state index is 4.06. The minimum absolute atomic E-state index is 0.0925. The van der Waals surface area contributed by atoms with Gasteiger partial charge in [0.05, 0.1) is 5.69 Å². The van der Waals surface area contributed by atoms with Crippen LogP contribution in [0.3, 0.4) is 0 Å². The number of para-hydroxylation sites is 1. The zero-order valence-corrected chi connectivity index (χ0v) is 61.8. The predicted octanol–water partition coefficient (Wildman–Crippen LogP) is 30.4. The molecule has 0 amide bonds. The summed E-state index contributed by atoms with van der Waals surface area (Å²) >= 11 is 0. The van der Waals surface area contributed by atoms with E-state index in [0.29, 0.717) is 0 Å². The predicted molar refractivity (Wildman–Crippen MR) is 436 cm³/mol. The van der Waals surface area contributed by atoms with E-state index in [-0.39, 0.29) is 10.8 Å². The Balaban J connectivity index is 0.986. The van der Waals surface area contributed by atoms with Gasteiger partial charge in [-0.3, -0.25) is 0 Å². The molecule has 2 heteroatoms. The maximum absolute atomic E-state index is 4.06. The van der Waals surface area contributed by atoms with Crippen LogP contribution in [0.4, 0.5) is 34.1 Å². The Labute approximate surface area is 604 Å². The lowest BCUT2D eigenvalue weighted by Gasteiger charge is -2.35. The first-order valence-electron chi connectivity index (χ1n) is 39.5. The van der Waals surface area contributed by atoms with Gasteiger partial charge >= 0.3 is 0 Å². The largest absolute Gasteiger partial charge is 0.311 e. The Bertz CT molecular complexity index is 4180. The number of rotatable bonds is 38. The molecule has 0 radical (unpaired) electrons. The fourth-order valence-electron chi connectivity index (χ4n) is 17.2. The highest BCUT2D eigenvalue weighted by Gasteiger charge is 2.48. The van der Waals surface area contributed by atoms with Crippen LogP contribution in [0.25, 0.3) is 61.7 Å². The van der Waals surface area contributed by atoms with E-state index < -0.39 is 0 Å². The van der Waals surface area contributed by atoms with E-state index in [2.05, 4.69) is 282 Å². The van der Waals surface area contributed by atoms with Crippen molar-refractivity contribution < 1.29 is 0 Å². The molecule has 10 aromatic carbocycles. The molecular formula is C98H114N2. The standard InChI is InChI=1S/C98H114N2/c1-8-13-17-21-25-34-66-97(67-35-26-22-18-14-9-2)92-70-80(77-48-60-84(61-49-77)99(82-54-42-74(6)43-55-82)83-58-46-76(12-5)47-59-83)52-64-88(92)90-72-95-91(73-94(90)97)89-65-53-81(71-93(89)98(95,68-36-27-23-19-15-10-3)69-37-28-24-20-16-11-4)78-50-62-86(63-51-78)100(85-56-44-75(7)45-57-85)96-41-33-32-40-87(96)79-38-30-29-31-39-79/h12,29-33,38-65,70-73H,5,8-11,13-28,34-37,66-69H2,1-4,6-7H3. The minimum atomic E-state index is -0.0969. The van der Waals surface area contributed by atoms with Crippen molar-refractivity contribution in [1.29, 1.82) is 0 Å². The lowest BCUT2D eigenvalue weighted by molar-refractivity contribution is 0.394. The van der Waals surface area contributed by atoms with Crippen molar-refractivity contribution in [2.75, 3.05) is 9.80 Å². The lowest BCUT2D eigenvalue weighted by atomic mass is 9.68. The van der Waals surface area contributed by atoms with Gasteiger partial charge in [0.1, 0.15) is 0 Å². The summed E-state index contributed by atoms with van der Waals surface area (Å²) in [5.41, 5.74) is 30.4. The SMILES string of the molecule is C=Cc1ccc(N(c2ccc(C)cc2)c2ccc(-c3ccc4c(c3)C(CCCCCCCC)(CCCCCCCC)c3cc5c(cc3-4)C(CCCCCCCC)(CCCCCCCC)c3cc(-c4ccc(N(c6ccc(C)cc6)c6ccccc6-c6ccccc6)cc4)ccc3-5)cc2)cc1. The Morgan fingerprint density at radius 2 is 0.590 bits per heavy atom. The van der Waals surface area contributed by atoms with Crippen LogP contribution in [0, 0.1) is 13.8 Å². The third kappa shape index (κ3) is 16.1. The number of hydrogen-bond donors (Lipinski definition) is 0. The molecule has 0 fully saturated rings. The number of anilines is 6. The van der Waals surface area contributed by atoms with Crippen LogP contribution in [0.2, 0.25) is 0 Å². The Hall–Kier alpha value is -8.46. The summed E-state index contributed by atoms with van der Waals surface area (Å²) in [6.45, 7) is 17.8. The fourth-order valence-corrected chi connectivity index (χ4v) is 17.2. The summed E-state index contributed by atoms with van der Waals surface area (Å²) < 4.78 is 0. The number of benzene rings is 10. The van der Waals surface area contributed by atoms with Crippen LogP contribution >= 0.6 is 0 Å². The van der Waals surface area contributed by atoms with E-state index in [9.17, 15) is 0 Å². The second-order valence-electron chi connectivity index (χ2n) is 29.8. The molecule has 2 aliphatic rings. The molecule has 2 aliphatic carbocycles. The van der Waals surface area contributed by atoms with Gasteiger partial charge < -0.3 is 9.80 Å². The molecule has 0 bridgehead atoms. The van der Waals surface area contributed by atoms with Crippen LogP contribution in [-0.4, -0.2) is 0 Å². The van der Waals surface area contributed by atoms with Gasteiger partial charge in [-0.2, -0.15) is 0 Å². The summed E-state index contributed by atoms with van der Waals surface area (Å²) in [4.78, 5) is 4.85. The van der Waals surface area contributed by atoms with Crippen molar-refractivity contribution in [2.24, 2.45) is 0 Å². The Morgan fingerprint density at radius 1 is 0.270 bits per heavy atom. The number of hydrogen-bond acceptors (Lipinski definition) is 2. The molecule has 0 aliphatic heterocycles. The first-order valence-corrected chi connectivity index (χ1v) is 39.5. The second-order valence-corrected chi connectivity index (χ2v) is 29.8. The van der Waals surface area contributed by atoms with Gasteiger partial charge in [0, 0.05) is 44.8 Å². The number of aryl methyl sites for hydroxylation is 2. The van der Waals surface area contributed by atoms with Crippen LogP contribution in [0.1, 0.15) is 246 Å². The van der Waals surface area contributed by atoms with Gasteiger partial charge in [-0.25, -0.2) is 0 Å². The van der Waals surface area contributed by atoms with E-state index in [1.54, 1.807) is 22.3 Å². The molecule has 0 saturated carbocycles.